The first-order valence-electron chi connectivity index (χ1n) is 5.49. The Bertz CT molecular complexity index is 489. The predicted octanol–water partition coefficient (Wildman–Crippen LogP) is 1.05. The van der Waals surface area contributed by atoms with Gasteiger partial charge in [0.1, 0.15) is 0 Å². The molecule has 0 saturated carbocycles. The zero-order valence-electron chi connectivity index (χ0n) is 9.56. The van der Waals surface area contributed by atoms with Crippen LogP contribution in [0.4, 0.5) is 0 Å². The van der Waals surface area contributed by atoms with Crippen LogP contribution in [0.1, 0.15) is 20.7 Å². The topological polar surface area (TPSA) is 66.8 Å². The third-order valence-corrected chi connectivity index (χ3v) is 3.12. The second kappa shape index (κ2) is 5.60. The van der Waals surface area contributed by atoms with Gasteiger partial charge < -0.3 is 9.84 Å². The SMILES string of the molecule is O=C1c2ccc(Br)cc2C(=O)N1CCOCCO. The molecule has 1 heterocycles. The van der Waals surface area contributed by atoms with E-state index in [9.17, 15) is 9.59 Å². The molecule has 96 valence electrons. The number of fused-ring (bicyclic) bond motifs is 1. The molecule has 18 heavy (non-hydrogen) atoms. The van der Waals surface area contributed by atoms with Crippen molar-refractivity contribution in [1.82, 2.24) is 4.90 Å². The Morgan fingerprint density at radius 3 is 2.61 bits per heavy atom. The molecule has 2 rings (SSSR count). The van der Waals surface area contributed by atoms with Gasteiger partial charge in [0.25, 0.3) is 11.8 Å². The van der Waals surface area contributed by atoms with Crippen molar-refractivity contribution < 1.29 is 19.4 Å². The van der Waals surface area contributed by atoms with E-state index >= 15 is 0 Å². The highest BCUT2D eigenvalue weighted by molar-refractivity contribution is 9.10. The molecule has 1 aliphatic heterocycles. The summed E-state index contributed by atoms with van der Waals surface area (Å²) < 4.78 is 5.82. The van der Waals surface area contributed by atoms with E-state index in [1.807, 2.05) is 0 Å². The minimum Gasteiger partial charge on any atom is -0.394 e. The lowest BCUT2D eigenvalue weighted by molar-refractivity contribution is 0.0514. The molecule has 0 saturated heterocycles. The Morgan fingerprint density at radius 1 is 1.17 bits per heavy atom. The second-order valence-electron chi connectivity index (χ2n) is 3.79. The van der Waals surface area contributed by atoms with Crippen LogP contribution < -0.4 is 0 Å². The van der Waals surface area contributed by atoms with Gasteiger partial charge in [0.05, 0.1) is 37.5 Å². The minimum atomic E-state index is -0.302. The number of carbonyl (C=O) groups excluding carboxylic acids is 2. The molecule has 0 atom stereocenters. The number of ether oxygens (including phenoxy) is 1. The highest BCUT2D eigenvalue weighted by Gasteiger charge is 2.35. The molecular formula is C12H12BrNO4. The number of carbonyl (C=O) groups is 2. The van der Waals surface area contributed by atoms with Gasteiger partial charge in [0, 0.05) is 4.47 Å². The molecule has 0 aromatic heterocycles. The smallest absolute Gasteiger partial charge is 0.261 e. The van der Waals surface area contributed by atoms with E-state index in [4.69, 9.17) is 9.84 Å². The maximum Gasteiger partial charge on any atom is 0.261 e. The first-order chi connectivity index (χ1) is 8.65. The molecule has 6 heteroatoms. The summed E-state index contributed by atoms with van der Waals surface area (Å²) in [6, 6.07) is 5.01. The Balaban J connectivity index is 2.08. The largest absolute Gasteiger partial charge is 0.394 e. The van der Waals surface area contributed by atoms with E-state index in [1.165, 1.54) is 0 Å². The summed E-state index contributed by atoms with van der Waals surface area (Å²) in [7, 11) is 0. The lowest BCUT2D eigenvalue weighted by Gasteiger charge is -2.13. The lowest BCUT2D eigenvalue weighted by Crippen LogP contribution is -2.33. The van der Waals surface area contributed by atoms with Crippen LogP contribution in [0.5, 0.6) is 0 Å². The third kappa shape index (κ3) is 2.45. The molecule has 1 aromatic carbocycles. The summed E-state index contributed by atoms with van der Waals surface area (Å²) in [6.07, 6.45) is 0. The Hall–Kier alpha value is -1.24. The number of aliphatic hydroxyl groups is 1. The van der Waals surface area contributed by atoms with Gasteiger partial charge in [-0.2, -0.15) is 0 Å². The molecule has 0 bridgehead atoms. The van der Waals surface area contributed by atoms with Gasteiger partial charge >= 0.3 is 0 Å². The molecule has 0 spiro atoms. The molecule has 0 unspecified atom stereocenters. The van der Waals surface area contributed by atoms with Gasteiger partial charge in [-0.15, -0.1) is 0 Å². The van der Waals surface area contributed by atoms with Crippen molar-refractivity contribution in [2.75, 3.05) is 26.4 Å². The van der Waals surface area contributed by atoms with Crippen LogP contribution in [0.25, 0.3) is 0 Å². The summed E-state index contributed by atoms with van der Waals surface area (Å²) in [5.74, 6) is -0.598. The average molecular weight is 314 g/mol. The van der Waals surface area contributed by atoms with Crippen LogP contribution in [0.2, 0.25) is 0 Å². The van der Waals surface area contributed by atoms with Crippen molar-refractivity contribution in [2.45, 2.75) is 0 Å². The van der Waals surface area contributed by atoms with E-state index in [-0.39, 0.29) is 38.2 Å². The normalized spacial score (nSPS) is 14.2. The fourth-order valence-corrected chi connectivity index (χ4v) is 2.15. The van der Waals surface area contributed by atoms with E-state index in [0.717, 1.165) is 9.37 Å². The standard InChI is InChI=1S/C12H12BrNO4/c13-8-1-2-9-10(7-8)12(17)14(11(9)16)3-5-18-6-4-15/h1-2,7,15H,3-6H2. The van der Waals surface area contributed by atoms with Gasteiger partial charge in [0.15, 0.2) is 0 Å². The minimum absolute atomic E-state index is 0.0743. The molecule has 0 aliphatic carbocycles. The predicted molar refractivity (Wildman–Crippen MR) is 67.4 cm³/mol. The molecule has 1 aliphatic rings. The summed E-state index contributed by atoms with van der Waals surface area (Å²) in [5, 5.41) is 8.56. The van der Waals surface area contributed by atoms with Crippen LogP contribution in [0.15, 0.2) is 22.7 Å². The first-order valence-corrected chi connectivity index (χ1v) is 6.29. The summed E-state index contributed by atoms with van der Waals surface area (Å²) in [6.45, 7) is 0.556. The van der Waals surface area contributed by atoms with Gasteiger partial charge in [0.2, 0.25) is 0 Å². The maximum atomic E-state index is 12.0. The van der Waals surface area contributed by atoms with Crippen molar-refractivity contribution in [3.63, 3.8) is 0 Å². The quantitative estimate of drug-likeness (QED) is 0.652. The van der Waals surface area contributed by atoms with E-state index in [2.05, 4.69) is 15.9 Å². The van der Waals surface area contributed by atoms with E-state index in [0.29, 0.717) is 11.1 Å². The van der Waals surface area contributed by atoms with Gasteiger partial charge in [-0.1, -0.05) is 15.9 Å². The van der Waals surface area contributed by atoms with Crippen molar-refractivity contribution in [1.29, 1.82) is 0 Å². The van der Waals surface area contributed by atoms with Crippen molar-refractivity contribution >= 4 is 27.7 Å². The molecule has 0 fully saturated rings. The van der Waals surface area contributed by atoms with Crippen LogP contribution >= 0.6 is 15.9 Å². The number of hydrogen-bond acceptors (Lipinski definition) is 4. The highest BCUT2D eigenvalue weighted by atomic mass is 79.9. The molecule has 5 nitrogen and oxygen atoms in total. The lowest BCUT2D eigenvalue weighted by atomic mass is 10.1. The first kappa shape index (κ1) is 13.2. The third-order valence-electron chi connectivity index (χ3n) is 2.63. The number of amides is 2. The Labute approximate surface area is 112 Å². The van der Waals surface area contributed by atoms with Crippen molar-refractivity contribution in [3.8, 4) is 0 Å². The molecular weight excluding hydrogens is 302 g/mol. The van der Waals surface area contributed by atoms with Crippen molar-refractivity contribution in [2.24, 2.45) is 0 Å². The number of aliphatic hydroxyl groups excluding tert-OH is 1. The number of hydrogen-bond donors (Lipinski definition) is 1. The number of halogens is 1. The summed E-state index contributed by atoms with van der Waals surface area (Å²) >= 11 is 3.27. The van der Waals surface area contributed by atoms with Gasteiger partial charge in [-0.3, -0.25) is 14.5 Å². The Morgan fingerprint density at radius 2 is 1.89 bits per heavy atom. The van der Waals surface area contributed by atoms with E-state index < -0.39 is 0 Å². The zero-order chi connectivity index (χ0) is 13.1. The fraction of sp³-hybridized carbons (Fsp3) is 0.333. The average Bonchev–Trinajstić information content (AvgIpc) is 2.59. The van der Waals surface area contributed by atoms with Crippen LogP contribution in [-0.2, 0) is 4.74 Å². The molecule has 2 amide bonds. The van der Waals surface area contributed by atoms with E-state index in [1.54, 1.807) is 18.2 Å². The van der Waals surface area contributed by atoms with Crippen LogP contribution in [0, 0.1) is 0 Å². The number of nitrogens with zero attached hydrogens (tertiary/aromatic N) is 1. The molecule has 1 aromatic rings. The molecule has 1 N–H and O–H groups in total. The zero-order valence-corrected chi connectivity index (χ0v) is 11.1. The summed E-state index contributed by atoms with van der Waals surface area (Å²) in [5.41, 5.74) is 0.835. The van der Waals surface area contributed by atoms with Crippen molar-refractivity contribution in [3.05, 3.63) is 33.8 Å². The van der Waals surface area contributed by atoms with Crippen LogP contribution in [-0.4, -0.2) is 48.2 Å². The van der Waals surface area contributed by atoms with Gasteiger partial charge in [-0.25, -0.2) is 0 Å². The maximum absolute atomic E-state index is 12.0. The Kier molecular flexibility index (Phi) is 4.11. The monoisotopic (exact) mass is 313 g/mol. The molecule has 0 radical (unpaired) electrons. The fourth-order valence-electron chi connectivity index (χ4n) is 1.79. The van der Waals surface area contributed by atoms with Gasteiger partial charge in [-0.05, 0) is 18.2 Å². The second-order valence-corrected chi connectivity index (χ2v) is 4.70. The number of benzene rings is 1. The highest BCUT2D eigenvalue weighted by Crippen LogP contribution is 2.25. The summed E-state index contributed by atoms with van der Waals surface area (Å²) in [4.78, 5) is 25.1. The number of imide groups is 1. The number of rotatable bonds is 5. The van der Waals surface area contributed by atoms with Crippen LogP contribution in [0.3, 0.4) is 0 Å².